The standard InChI is InChI=1S/C19H20FNO/c20-16-10-8-15(9-11-16)17-13-18(17)19(22)21-12-4-7-14-5-2-1-3-6-14/h1-3,5-6,8-11,17-18H,4,7,12-13H2,(H,21,22). The lowest BCUT2D eigenvalue weighted by Crippen LogP contribution is -2.26. The van der Waals surface area contributed by atoms with Gasteiger partial charge in [-0.3, -0.25) is 4.79 Å². The topological polar surface area (TPSA) is 29.1 Å². The van der Waals surface area contributed by atoms with Crippen LogP contribution in [0.4, 0.5) is 4.39 Å². The van der Waals surface area contributed by atoms with Crippen LogP contribution in [-0.4, -0.2) is 12.5 Å². The quantitative estimate of drug-likeness (QED) is 0.810. The van der Waals surface area contributed by atoms with Gasteiger partial charge in [0.15, 0.2) is 0 Å². The Labute approximate surface area is 130 Å². The molecule has 0 saturated heterocycles. The predicted octanol–water partition coefficient (Wildman–Crippen LogP) is 3.68. The molecule has 114 valence electrons. The molecule has 22 heavy (non-hydrogen) atoms. The molecule has 1 aliphatic carbocycles. The highest BCUT2D eigenvalue weighted by atomic mass is 19.1. The van der Waals surface area contributed by atoms with Crippen molar-refractivity contribution in [2.24, 2.45) is 5.92 Å². The number of hydrogen-bond acceptors (Lipinski definition) is 1. The fourth-order valence-corrected chi connectivity index (χ4v) is 2.84. The Hall–Kier alpha value is -2.16. The molecular weight excluding hydrogens is 277 g/mol. The van der Waals surface area contributed by atoms with Gasteiger partial charge < -0.3 is 5.32 Å². The number of amides is 1. The molecule has 2 aromatic rings. The third kappa shape index (κ3) is 3.73. The number of carbonyl (C=O) groups is 1. The average Bonchev–Trinajstić information content (AvgIpc) is 3.34. The minimum Gasteiger partial charge on any atom is -0.356 e. The lowest BCUT2D eigenvalue weighted by molar-refractivity contribution is -0.122. The molecule has 3 rings (SSSR count). The Morgan fingerprint density at radius 1 is 1.09 bits per heavy atom. The maximum absolute atomic E-state index is 12.9. The zero-order valence-electron chi connectivity index (χ0n) is 12.5. The van der Waals surface area contributed by atoms with Crippen LogP contribution in [0.1, 0.15) is 29.9 Å². The predicted molar refractivity (Wildman–Crippen MR) is 85.0 cm³/mol. The van der Waals surface area contributed by atoms with Gasteiger partial charge in [-0.05, 0) is 48.4 Å². The summed E-state index contributed by atoms with van der Waals surface area (Å²) in [5.41, 5.74) is 2.36. The van der Waals surface area contributed by atoms with E-state index < -0.39 is 0 Å². The summed E-state index contributed by atoms with van der Waals surface area (Å²) >= 11 is 0. The molecule has 2 nitrogen and oxygen atoms in total. The van der Waals surface area contributed by atoms with Crippen LogP contribution in [0, 0.1) is 11.7 Å². The van der Waals surface area contributed by atoms with Crippen LogP contribution in [-0.2, 0) is 11.2 Å². The van der Waals surface area contributed by atoms with E-state index in [1.165, 1.54) is 17.7 Å². The number of carbonyl (C=O) groups excluding carboxylic acids is 1. The average molecular weight is 297 g/mol. The summed E-state index contributed by atoms with van der Waals surface area (Å²) in [6, 6.07) is 16.8. The molecule has 0 aromatic heterocycles. The maximum Gasteiger partial charge on any atom is 0.223 e. The number of hydrogen-bond donors (Lipinski definition) is 1. The summed E-state index contributed by atoms with van der Waals surface area (Å²) in [5.74, 6) is 0.214. The summed E-state index contributed by atoms with van der Waals surface area (Å²) in [7, 11) is 0. The molecular formula is C19H20FNO. The first-order valence-corrected chi connectivity index (χ1v) is 7.81. The Balaban J connectivity index is 1.39. The van der Waals surface area contributed by atoms with Crippen molar-refractivity contribution in [1.82, 2.24) is 5.32 Å². The van der Waals surface area contributed by atoms with Crippen LogP contribution in [0.5, 0.6) is 0 Å². The van der Waals surface area contributed by atoms with E-state index in [9.17, 15) is 9.18 Å². The number of rotatable bonds is 6. The van der Waals surface area contributed by atoms with Crippen molar-refractivity contribution in [3.8, 4) is 0 Å². The van der Waals surface area contributed by atoms with E-state index in [0.717, 1.165) is 24.8 Å². The molecule has 0 spiro atoms. The second-order valence-electron chi connectivity index (χ2n) is 5.88. The number of nitrogens with one attached hydrogen (secondary N) is 1. The van der Waals surface area contributed by atoms with Gasteiger partial charge in [-0.2, -0.15) is 0 Å². The molecule has 0 radical (unpaired) electrons. The van der Waals surface area contributed by atoms with Gasteiger partial charge in [-0.1, -0.05) is 42.5 Å². The first-order chi connectivity index (χ1) is 10.7. The van der Waals surface area contributed by atoms with E-state index in [2.05, 4.69) is 17.4 Å². The zero-order chi connectivity index (χ0) is 15.4. The second kappa shape index (κ2) is 6.73. The van der Waals surface area contributed by atoms with Crippen molar-refractivity contribution in [3.05, 3.63) is 71.5 Å². The lowest BCUT2D eigenvalue weighted by Gasteiger charge is -2.05. The van der Waals surface area contributed by atoms with Gasteiger partial charge in [0.2, 0.25) is 5.91 Å². The van der Waals surface area contributed by atoms with Gasteiger partial charge in [0.1, 0.15) is 5.82 Å². The number of aryl methyl sites for hydroxylation is 1. The molecule has 1 amide bonds. The van der Waals surface area contributed by atoms with Crippen molar-refractivity contribution in [2.45, 2.75) is 25.2 Å². The van der Waals surface area contributed by atoms with Gasteiger partial charge in [0.25, 0.3) is 0 Å². The zero-order valence-corrected chi connectivity index (χ0v) is 12.5. The highest BCUT2D eigenvalue weighted by molar-refractivity contribution is 5.82. The summed E-state index contributed by atoms with van der Waals surface area (Å²) in [6.07, 6.45) is 2.80. The van der Waals surface area contributed by atoms with E-state index in [-0.39, 0.29) is 23.6 Å². The number of halogens is 1. The SMILES string of the molecule is O=C(NCCCc1ccccc1)C1CC1c1ccc(F)cc1. The van der Waals surface area contributed by atoms with Crippen molar-refractivity contribution in [1.29, 1.82) is 0 Å². The van der Waals surface area contributed by atoms with Gasteiger partial charge >= 0.3 is 0 Å². The van der Waals surface area contributed by atoms with Crippen LogP contribution < -0.4 is 5.32 Å². The third-order valence-corrected chi connectivity index (χ3v) is 4.21. The smallest absolute Gasteiger partial charge is 0.223 e. The largest absolute Gasteiger partial charge is 0.356 e. The van der Waals surface area contributed by atoms with Gasteiger partial charge in [0.05, 0.1) is 0 Å². The van der Waals surface area contributed by atoms with Gasteiger partial charge in [-0.25, -0.2) is 4.39 Å². The van der Waals surface area contributed by atoms with Crippen molar-refractivity contribution < 1.29 is 9.18 Å². The first kappa shape index (κ1) is 14.8. The Morgan fingerprint density at radius 2 is 1.82 bits per heavy atom. The Kier molecular flexibility index (Phi) is 4.52. The molecule has 1 aliphatic rings. The van der Waals surface area contributed by atoms with Crippen LogP contribution in [0.15, 0.2) is 54.6 Å². The van der Waals surface area contributed by atoms with Gasteiger partial charge in [0, 0.05) is 12.5 Å². The summed E-state index contributed by atoms with van der Waals surface area (Å²) in [5, 5.41) is 3.01. The Morgan fingerprint density at radius 3 is 2.55 bits per heavy atom. The van der Waals surface area contributed by atoms with Crippen LogP contribution in [0.3, 0.4) is 0 Å². The van der Waals surface area contributed by atoms with E-state index >= 15 is 0 Å². The highest BCUT2D eigenvalue weighted by Crippen LogP contribution is 2.47. The lowest BCUT2D eigenvalue weighted by atomic mass is 10.1. The van der Waals surface area contributed by atoms with E-state index in [0.29, 0.717) is 6.54 Å². The first-order valence-electron chi connectivity index (χ1n) is 7.81. The molecule has 0 bridgehead atoms. The third-order valence-electron chi connectivity index (χ3n) is 4.21. The van der Waals surface area contributed by atoms with E-state index in [1.807, 2.05) is 18.2 Å². The van der Waals surface area contributed by atoms with Crippen molar-refractivity contribution in [3.63, 3.8) is 0 Å². The van der Waals surface area contributed by atoms with Crippen LogP contribution in [0.25, 0.3) is 0 Å². The summed E-state index contributed by atoms with van der Waals surface area (Å²) in [4.78, 5) is 12.1. The van der Waals surface area contributed by atoms with Gasteiger partial charge in [-0.15, -0.1) is 0 Å². The fourth-order valence-electron chi connectivity index (χ4n) is 2.84. The summed E-state index contributed by atoms with van der Waals surface area (Å²) in [6.45, 7) is 0.709. The van der Waals surface area contributed by atoms with Crippen LogP contribution in [0.2, 0.25) is 0 Å². The monoisotopic (exact) mass is 297 g/mol. The fraction of sp³-hybridized carbons (Fsp3) is 0.316. The molecule has 1 saturated carbocycles. The molecule has 3 heteroatoms. The molecule has 1 fully saturated rings. The molecule has 0 heterocycles. The van der Waals surface area contributed by atoms with Crippen molar-refractivity contribution in [2.75, 3.05) is 6.54 Å². The molecule has 2 atom stereocenters. The van der Waals surface area contributed by atoms with E-state index in [4.69, 9.17) is 0 Å². The highest BCUT2D eigenvalue weighted by Gasteiger charge is 2.43. The molecule has 2 unspecified atom stereocenters. The minimum absolute atomic E-state index is 0.0576. The summed E-state index contributed by atoms with van der Waals surface area (Å²) < 4.78 is 12.9. The number of benzene rings is 2. The van der Waals surface area contributed by atoms with Crippen molar-refractivity contribution >= 4 is 5.91 Å². The maximum atomic E-state index is 12.9. The van der Waals surface area contributed by atoms with Crippen LogP contribution >= 0.6 is 0 Å². The normalized spacial score (nSPS) is 19.7. The molecule has 1 N–H and O–H groups in total. The molecule has 0 aliphatic heterocycles. The second-order valence-corrected chi connectivity index (χ2v) is 5.88. The minimum atomic E-state index is -0.230. The molecule has 2 aromatic carbocycles. The Bertz CT molecular complexity index is 624. The van der Waals surface area contributed by atoms with E-state index in [1.54, 1.807) is 12.1 Å².